The van der Waals surface area contributed by atoms with E-state index in [-0.39, 0.29) is 5.92 Å². The Morgan fingerprint density at radius 3 is 1.91 bits per heavy atom. The van der Waals surface area contributed by atoms with Crippen molar-refractivity contribution in [1.82, 2.24) is 5.32 Å². The summed E-state index contributed by atoms with van der Waals surface area (Å²) in [6.07, 6.45) is 1.55. The number of hydrogen-bond acceptors (Lipinski definition) is 3. The zero-order chi connectivity index (χ0) is 8.91. The fourth-order valence-electron chi connectivity index (χ4n) is 1.26. The van der Waals surface area contributed by atoms with Gasteiger partial charge < -0.3 is 10.2 Å². The first-order valence-corrected chi connectivity index (χ1v) is 4.28. The minimum atomic E-state index is -1.68. The summed E-state index contributed by atoms with van der Waals surface area (Å²) < 4.78 is 0. The van der Waals surface area contributed by atoms with E-state index in [1.54, 1.807) is 0 Å². The zero-order valence-corrected chi connectivity index (χ0v) is 7.59. The van der Waals surface area contributed by atoms with Crippen LogP contribution in [0.25, 0.3) is 0 Å². The molecule has 3 N–H and O–H groups in total. The molecule has 0 unspecified atom stereocenters. The van der Waals surface area contributed by atoms with Crippen molar-refractivity contribution in [3.63, 3.8) is 0 Å². The second-order valence-corrected chi connectivity index (χ2v) is 2.77. The van der Waals surface area contributed by atoms with Crippen molar-refractivity contribution in [2.45, 2.75) is 39.5 Å². The van der Waals surface area contributed by atoms with E-state index in [9.17, 15) is 10.2 Å². The predicted octanol–water partition coefficient (Wildman–Crippen LogP) is 0.670. The van der Waals surface area contributed by atoms with E-state index in [1.165, 1.54) is 0 Å². The van der Waals surface area contributed by atoms with Gasteiger partial charge in [0.1, 0.15) is 0 Å². The lowest BCUT2D eigenvalue weighted by atomic mass is 9.99. The zero-order valence-electron chi connectivity index (χ0n) is 7.59. The molecule has 0 fully saturated rings. The Balaban J connectivity index is 4.00. The molecule has 3 nitrogen and oxygen atoms in total. The molecule has 0 aliphatic carbocycles. The van der Waals surface area contributed by atoms with E-state index in [0.717, 1.165) is 12.8 Å². The van der Waals surface area contributed by atoms with E-state index in [1.807, 2.05) is 20.8 Å². The van der Waals surface area contributed by atoms with Gasteiger partial charge in [-0.25, -0.2) is 0 Å². The molecule has 0 spiro atoms. The maximum absolute atomic E-state index is 9.42. The minimum absolute atomic E-state index is 0.0811. The Hall–Kier alpha value is -0.120. The molecular formula is C8H19NO2. The molecule has 0 bridgehead atoms. The van der Waals surface area contributed by atoms with Crippen LogP contribution in [0.1, 0.15) is 33.6 Å². The van der Waals surface area contributed by atoms with Crippen LogP contribution in [0.5, 0.6) is 0 Å². The molecule has 0 radical (unpaired) electrons. The van der Waals surface area contributed by atoms with Gasteiger partial charge in [-0.15, -0.1) is 0 Å². The Kier molecular flexibility index (Phi) is 4.65. The summed E-state index contributed by atoms with van der Waals surface area (Å²) in [6, 6.07) is 0. The quantitative estimate of drug-likeness (QED) is 0.519. The molecule has 11 heavy (non-hydrogen) atoms. The van der Waals surface area contributed by atoms with Crippen LogP contribution in [0.4, 0.5) is 0 Å². The van der Waals surface area contributed by atoms with Gasteiger partial charge >= 0.3 is 0 Å². The van der Waals surface area contributed by atoms with Crippen LogP contribution in [0.3, 0.4) is 0 Å². The van der Waals surface area contributed by atoms with Crippen molar-refractivity contribution < 1.29 is 10.2 Å². The number of nitrogens with one attached hydrogen (secondary N) is 1. The molecule has 0 amide bonds. The first kappa shape index (κ1) is 10.9. The summed E-state index contributed by atoms with van der Waals surface area (Å²) >= 11 is 0. The van der Waals surface area contributed by atoms with Gasteiger partial charge in [0.05, 0.1) is 0 Å². The van der Waals surface area contributed by atoms with Crippen LogP contribution < -0.4 is 5.32 Å². The van der Waals surface area contributed by atoms with E-state index in [4.69, 9.17) is 0 Å². The maximum Gasteiger partial charge on any atom is 0.225 e. The maximum atomic E-state index is 9.42. The lowest BCUT2D eigenvalue weighted by Gasteiger charge is -2.30. The van der Waals surface area contributed by atoms with Crippen molar-refractivity contribution in [1.29, 1.82) is 0 Å². The largest absolute Gasteiger partial charge is 0.353 e. The highest BCUT2D eigenvalue weighted by Crippen LogP contribution is 2.18. The van der Waals surface area contributed by atoms with Crippen molar-refractivity contribution >= 4 is 0 Å². The summed E-state index contributed by atoms with van der Waals surface area (Å²) in [5, 5.41) is 21.5. The van der Waals surface area contributed by atoms with Gasteiger partial charge in [0, 0.05) is 5.92 Å². The van der Waals surface area contributed by atoms with Crippen molar-refractivity contribution in [2.24, 2.45) is 5.92 Å². The third-order valence-electron chi connectivity index (χ3n) is 1.99. The van der Waals surface area contributed by atoms with E-state index in [2.05, 4.69) is 5.32 Å². The second-order valence-electron chi connectivity index (χ2n) is 2.77. The Morgan fingerprint density at radius 2 is 1.64 bits per heavy atom. The van der Waals surface area contributed by atoms with E-state index >= 15 is 0 Å². The van der Waals surface area contributed by atoms with Gasteiger partial charge in [0.15, 0.2) is 0 Å². The molecule has 0 saturated heterocycles. The van der Waals surface area contributed by atoms with E-state index < -0.39 is 5.91 Å². The smallest absolute Gasteiger partial charge is 0.225 e. The molecule has 0 aliphatic rings. The second kappa shape index (κ2) is 4.70. The molecule has 3 heteroatoms. The summed E-state index contributed by atoms with van der Waals surface area (Å²) in [5.41, 5.74) is 0. The lowest BCUT2D eigenvalue weighted by Crippen LogP contribution is -2.50. The molecule has 0 saturated carbocycles. The summed E-state index contributed by atoms with van der Waals surface area (Å²) in [6.45, 7) is 6.33. The molecule has 0 heterocycles. The normalized spacial score (nSPS) is 12.5. The third kappa shape index (κ3) is 3.18. The van der Waals surface area contributed by atoms with Crippen LogP contribution in [0.15, 0.2) is 0 Å². The number of aliphatic hydroxyl groups is 2. The summed E-state index contributed by atoms with van der Waals surface area (Å²) in [4.78, 5) is 0. The lowest BCUT2D eigenvalue weighted by molar-refractivity contribution is -0.223. The summed E-state index contributed by atoms with van der Waals surface area (Å²) in [7, 11) is 0. The Labute approximate surface area is 68.4 Å². The topological polar surface area (TPSA) is 52.5 Å². The van der Waals surface area contributed by atoms with Gasteiger partial charge in [-0.1, -0.05) is 20.8 Å². The van der Waals surface area contributed by atoms with Gasteiger partial charge in [0.25, 0.3) is 0 Å². The van der Waals surface area contributed by atoms with Crippen LogP contribution in [-0.4, -0.2) is 22.7 Å². The van der Waals surface area contributed by atoms with Crippen molar-refractivity contribution in [3.05, 3.63) is 0 Å². The number of rotatable bonds is 5. The van der Waals surface area contributed by atoms with Gasteiger partial charge in [-0.05, 0) is 19.4 Å². The predicted molar refractivity (Wildman–Crippen MR) is 44.9 cm³/mol. The molecule has 0 aromatic rings. The van der Waals surface area contributed by atoms with Crippen LogP contribution >= 0.6 is 0 Å². The molecule has 0 aromatic heterocycles. The minimum Gasteiger partial charge on any atom is -0.353 e. The molecule has 0 atom stereocenters. The highest BCUT2D eigenvalue weighted by Gasteiger charge is 2.30. The van der Waals surface area contributed by atoms with Crippen molar-refractivity contribution in [2.75, 3.05) is 6.54 Å². The molecule has 0 rings (SSSR count). The van der Waals surface area contributed by atoms with Gasteiger partial charge in [0.2, 0.25) is 5.91 Å². The highest BCUT2D eigenvalue weighted by molar-refractivity contribution is 4.70. The van der Waals surface area contributed by atoms with Crippen molar-refractivity contribution in [3.8, 4) is 0 Å². The molecular weight excluding hydrogens is 142 g/mol. The number of hydrogen-bond donors (Lipinski definition) is 3. The Morgan fingerprint density at radius 1 is 1.18 bits per heavy atom. The first-order valence-electron chi connectivity index (χ1n) is 4.28. The Bertz CT molecular complexity index is 100. The highest BCUT2D eigenvalue weighted by atomic mass is 16.5. The monoisotopic (exact) mass is 161 g/mol. The standard InChI is InChI=1S/C8H19NO2/c1-4-7(5-2)8(10,11)9-6-3/h7,9-11H,4-6H2,1-3H3. The molecule has 0 aromatic carbocycles. The average molecular weight is 161 g/mol. The van der Waals surface area contributed by atoms with Crippen LogP contribution in [0.2, 0.25) is 0 Å². The van der Waals surface area contributed by atoms with Crippen LogP contribution in [0, 0.1) is 5.92 Å². The van der Waals surface area contributed by atoms with E-state index in [0.29, 0.717) is 6.54 Å². The SMILES string of the molecule is CCNC(O)(O)C(CC)CC. The third-order valence-corrected chi connectivity index (χ3v) is 1.99. The summed E-state index contributed by atoms with van der Waals surface area (Å²) in [5.74, 6) is -1.76. The fraction of sp³-hybridized carbons (Fsp3) is 1.00. The average Bonchev–Trinajstić information content (AvgIpc) is 1.89. The van der Waals surface area contributed by atoms with Gasteiger partial charge in [-0.2, -0.15) is 0 Å². The first-order chi connectivity index (χ1) is 5.08. The molecule has 68 valence electrons. The fourth-order valence-corrected chi connectivity index (χ4v) is 1.26. The van der Waals surface area contributed by atoms with Gasteiger partial charge in [-0.3, -0.25) is 5.32 Å². The molecule has 0 aliphatic heterocycles. The van der Waals surface area contributed by atoms with Crippen LogP contribution in [-0.2, 0) is 0 Å².